The highest BCUT2D eigenvalue weighted by atomic mass is 35.5. The summed E-state index contributed by atoms with van der Waals surface area (Å²) in [6.07, 6.45) is 1.53. The lowest BCUT2D eigenvalue weighted by molar-refractivity contribution is 0.0692. The molecule has 1 amide bonds. The fourth-order valence-corrected chi connectivity index (χ4v) is 2.95. The van der Waals surface area contributed by atoms with Crippen molar-refractivity contribution in [2.75, 3.05) is 0 Å². The molecule has 108 valence electrons. The van der Waals surface area contributed by atoms with Crippen molar-refractivity contribution in [2.45, 2.75) is 10.8 Å². The van der Waals surface area contributed by atoms with Gasteiger partial charge in [-0.15, -0.1) is 11.8 Å². The fraction of sp³-hybridized carbons (Fsp3) is 0.0714. The Morgan fingerprint density at radius 3 is 2.71 bits per heavy atom. The maximum absolute atomic E-state index is 11.1. The van der Waals surface area contributed by atoms with E-state index >= 15 is 0 Å². The van der Waals surface area contributed by atoms with Crippen LogP contribution in [0.25, 0.3) is 0 Å². The van der Waals surface area contributed by atoms with Gasteiger partial charge in [0.2, 0.25) is 5.91 Å². The van der Waals surface area contributed by atoms with Crippen LogP contribution in [-0.4, -0.2) is 22.0 Å². The summed E-state index contributed by atoms with van der Waals surface area (Å²) < 4.78 is 0. The van der Waals surface area contributed by atoms with E-state index < -0.39 is 11.9 Å². The molecule has 0 unspecified atom stereocenters. The van der Waals surface area contributed by atoms with Gasteiger partial charge in [0.25, 0.3) is 0 Å². The number of hydrogen-bond acceptors (Lipinski definition) is 4. The molecule has 0 atom stereocenters. The van der Waals surface area contributed by atoms with Gasteiger partial charge in [0.05, 0.1) is 5.56 Å². The first-order valence-corrected chi connectivity index (χ1v) is 7.24. The van der Waals surface area contributed by atoms with Crippen LogP contribution in [0, 0.1) is 0 Å². The number of carbonyl (C=O) groups is 2. The summed E-state index contributed by atoms with van der Waals surface area (Å²) in [5.74, 6) is -1.13. The number of rotatable bonds is 5. The number of nitrogens with two attached hydrogens (primary N) is 1. The van der Waals surface area contributed by atoms with Crippen LogP contribution in [0.15, 0.2) is 41.6 Å². The number of thioether (sulfide) groups is 1. The minimum absolute atomic E-state index is 0.146. The number of aromatic carboxylic acids is 1. The summed E-state index contributed by atoms with van der Waals surface area (Å²) in [5.41, 5.74) is 6.42. The largest absolute Gasteiger partial charge is 0.478 e. The van der Waals surface area contributed by atoms with E-state index in [0.29, 0.717) is 21.4 Å². The number of hydrogen-bond donors (Lipinski definition) is 2. The Balaban J connectivity index is 2.17. The molecule has 0 aliphatic heterocycles. The van der Waals surface area contributed by atoms with Gasteiger partial charge in [0.1, 0.15) is 5.03 Å². The molecule has 0 aliphatic rings. The Bertz CT molecular complexity index is 706. The predicted molar refractivity (Wildman–Crippen MR) is 80.7 cm³/mol. The summed E-state index contributed by atoms with van der Waals surface area (Å²) in [6, 6.07) is 7.84. The van der Waals surface area contributed by atoms with Crippen molar-refractivity contribution in [3.63, 3.8) is 0 Å². The first-order chi connectivity index (χ1) is 9.99. The van der Waals surface area contributed by atoms with Crippen molar-refractivity contribution in [1.29, 1.82) is 0 Å². The maximum atomic E-state index is 11.1. The number of aromatic nitrogens is 1. The number of carbonyl (C=O) groups excluding carboxylic acids is 1. The second-order valence-corrected chi connectivity index (χ2v) is 5.49. The first kappa shape index (κ1) is 15.3. The van der Waals surface area contributed by atoms with Crippen molar-refractivity contribution < 1.29 is 14.7 Å². The number of carboxylic acid groups (broad SMARTS) is 1. The number of halogens is 1. The summed E-state index contributed by atoms with van der Waals surface area (Å²) in [5, 5.41) is 9.91. The smallest absolute Gasteiger partial charge is 0.338 e. The molecular formula is C14H11ClN2O3S. The monoisotopic (exact) mass is 322 g/mol. The van der Waals surface area contributed by atoms with Crippen LogP contribution >= 0.6 is 23.4 Å². The molecule has 0 radical (unpaired) electrons. The summed E-state index contributed by atoms with van der Waals surface area (Å²) in [7, 11) is 0. The molecular weight excluding hydrogens is 312 g/mol. The topological polar surface area (TPSA) is 93.3 Å². The van der Waals surface area contributed by atoms with Gasteiger partial charge in [0.15, 0.2) is 0 Å². The molecule has 7 heteroatoms. The third kappa shape index (κ3) is 3.74. The lowest BCUT2D eigenvalue weighted by atomic mass is 10.1. The third-order valence-electron chi connectivity index (χ3n) is 2.70. The summed E-state index contributed by atoms with van der Waals surface area (Å²) in [6.45, 7) is 0. The van der Waals surface area contributed by atoms with Crippen LogP contribution in [0.2, 0.25) is 5.02 Å². The Hall–Kier alpha value is -2.05. The van der Waals surface area contributed by atoms with E-state index in [9.17, 15) is 9.59 Å². The Labute approximate surface area is 130 Å². The SMILES string of the molecule is NC(=O)c1ccc(CSc2ncccc2C(=O)O)c(Cl)c1. The van der Waals surface area contributed by atoms with Crippen molar-refractivity contribution >= 4 is 35.2 Å². The highest BCUT2D eigenvalue weighted by molar-refractivity contribution is 7.98. The van der Waals surface area contributed by atoms with Crippen LogP contribution < -0.4 is 5.73 Å². The van der Waals surface area contributed by atoms with Crippen LogP contribution in [0.5, 0.6) is 0 Å². The number of nitrogens with zero attached hydrogens (tertiary/aromatic N) is 1. The average Bonchev–Trinajstić information content (AvgIpc) is 2.46. The molecule has 1 aromatic heterocycles. The quantitative estimate of drug-likeness (QED) is 0.826. The lowest BCUT2D eigenvalue weighted by Crippen LogP contribution is -2.10. The molecule has 5 nitrogen and oxygen atoms in total. The number of primary amides is 1. The lowest BCUT2D eigenvalue weighted by Gasteiger charge is -2.07. The first-order valence-electron chi connectivity index (χ1n) is 5.88. The number of amides is 1. The van der Waals surface area contributed by atoms with E-state index in [0.717, 1.165) is 5.56 Å². The molecule has 0 fully saturated rings. The Kier molecular flexibility index (Phi) is 4.82. The van der Waals surface area contributed by atoms with Crippen LogP contribution in [0.1, 0.15) is 26.3 Å². The zero-order valence-corrected chi connectivity index (χ0v) is 12.3. The van der Waals surface area contributed by atoms with Crippen LogP contribution in [-0.2, 0) is 5.75 Å². The van der Waals surface area contributed by atoms with E-state index in [1.165, 1.54) is 30.1 Å². The standard InChI is InChI=1S/C14H11ClN2O3S/c15-11-6-8(12(16)18)3-4-9(11)7-21-13-10(14(19)20)2-1-5-17-13/h1-6H,7H2,(H2,16,18)(H,19,20). The van der Waals surface area contributed by atoms with Gasteiger partial charge in [-0.25, -0.2) is 9.78 Å². The average molecular weight is 323 g/mol. The number of carboxylic acids is 1. The van der Waals surface area contributed by atoms with E-state index in [1.54, 1.807) is 18.2 Å². The molecule has 0 saturated carbocycles. The van der Waals surface area contributed by atoms with Gasteiger partial charge in [-0.3, -0.25) is 4.79 Å². The number of benzene rings is 1. The van der Waals surface area contributed by atoms with E-state index in [-0.39, 0.29) is 5.56 Å². The van der Waals surface area contributed by atoms with Gasteiger partial charge >= 0.3 is 5.97 Å². The molecule has 1 heterocycles. The molecule has 0 aliphatic carbocycles. The van der Waals surface area contributed by atoms with Crippen molar-refractivity contribution in [3.8, 4) is 0 Å². The second kappa shape index (κ2) is 6.60. The maximum Gasteiger partial charge on any atom is 0.338 e. The molecule has 0 spiro atoms. The summed E-state index contributed by atoms with van der Waals surface area (Å²) >= 11 is 7.35. The zero-order chi connectivity index (χ0) is 15.4. The van der Waals surface area contributed by atoms with Gasteiger partial charge in [-0.2, -0.15) is 0 Å². The van der Waals surface area contributed by atoms with Crippen molar-refractivity contribution in [2.24, 2.45) is 5.73 Å². The number of pyridine rings is 1. The molecule has 0 bridgehead atoms. The fourth-order valence-electron chi connectivity index (χ4n) is 1.63. The second-order valence-electron chi connectivity index (χ2n) is 4.12. The van der Waals surface area contributed by atoms with Crippen molar-refractivity contribution in [3.05, 3.63) is 58.2 Å². The van der Waals surface area contributed by atoms with Gasteiger partial charge in [0, 0.05) is 22.5 Å². The minimum atomic E-state index is -1.03. The van der Waals surface area contributed by atoms with Gasteiger partial charge < -0.3 is 10.8 Å². The molecule has 2 rings (SSSR count). The highest BCUT2D eigenvalue weighted by Crippen LogP contribution is 2.28. The summed E-state index contributed by atoms with van der Waals surface area (Å²) in [4.78, 5) is 26.2. The van der Waals surface area contributed by atoms with E-state index in [4.69, 9.17) is 22.4 Å². The third-order valence-corrected chi connectivity index (χ3v) is 4.11. The molecule has 2 aromatic rings. The Morgan fingerprint density at radius 1 is 1.33 bits per heavy atom. The van der Waals surface area contributed by atoms with Gasteiger partial charge in [-0.05, 0) is 29.8 Å². The zero-order valence-electron chi connectivity index (χ0n) is 10.7. The molecule has 0 saturated heterocycles. The minimum Gasteiger partial charge on any atom is -0.478 e. The van der Waals surface area contributed by atoms with Crippen molar-refractivity contribution in [1.82, 2.24) is 4.98 Å². The highest BCUT2D eigenvalue weighted by Gasteiger charge is 2.12. The van der Waals surface area contributed by atoms with Gasteiger partial charge in [-0.1, -0.05) is 17.7 Å². The van der Waals surface area contributed by atoms with Crippen LogP contribution in [0.4, 0.5) is 0 Å². The van der Waals surface area contributed by atoms with E-state index in [2.05, 4.69) is 4.98 Å². The normalized spacial score (nSPS) is 10.3. The van der Waals surface area contributed by atoms with E-state index in [1.807, 2.05) is 0 Å². The molecule has 21 heavy (non-hydrogen) atoms. The van der Waals surface area contributed by atoms with Crippen LogP contribution in [0.3, 0.4) is 0 Å². The molecule has 3 N–H and O–H groups in total. The Morgan fingerprint density at radius 2 is 2.10 bits per heavy atom. The predicted octanol–water partition coefficient (Wildman–Crippen LogP) is 2.82. The molecule has 1 aromatic carbocycles.